The third kappa shape index (κ3) is 10.7. The number of likely N-dealkylation sites (N-methyl/N-ethyl adjacent to an activating group) is 1. The molecule has 0 radical (unpaired) electrons. The summed E-state index contributed by atoms with van der Waals surface area (Å²) >= 11 is 0. The number of carbonyl (C=O) groups is 4. The number of hydrogen-bond donors (Lipinski definition) is 3. The predicted molar refractivity (Wildman–Crippen MR) is 162 cm³/mol. The summed E-state index contributed by atoms with van der Waals surface area (Å²) in [5.74, 6) is -0.925. The van der Waals surface area contributed by atoms with Gasteiger partial charge in [0.05, 0.1) is 5.56 Å². The number of nitrogens with one attached hydrogen (secondary N) is 3. The number of hydrogen-bond acceptors (Lipinski definition) is 7. The van der Waals surface area contributed by atoms with Gasteiger partial charge in [-0.2, -0.15) is 0 Å². The van der Waals surface area contributed by atoms with E-state index >= 15 is 0 Å². The van der Waals surface area contributed by atoms with Gasteiger partial charge in [0, 0.05) is 44.0 Å². The van der Waals surface area contributed by atoms with Crippen molar-refractivity contribution in [3.8, 4) is 0 Å². The minimum atomic E-state index is -0.962. The number of alkyl carbamates (subject to hydrolysis) is 1. The normalized spacial score (nSPS) is 14.9. The van der Waals surface area contributed by atoms with Gasteiger partial charge in [0.2, 0.25) is 5.91 Å². The summed E-state index contributed by atoms with van der Waals surface area (Å²) in [5.41, 5.74) is 0.833. The topological polar surface area (TPSA) is 129 Å². The molecule has 2 aromatic rings. The number of urea groups is 1. The van der Waals surface area contributed by atoms with Crippen molar-refractivity contribution >= 4 is 35.4 Å². The van der Waals surface area contributed by atoms with Gasteiger partial charge in [-0.25, -0.2) is 14.4 Å². The zero-order valence-electron chi connectivity index (χ0n) is 25.6. The molecule has 0 spiro atoms. The Hall–Kier alpha value is -4.12. The first-order valence-electron chi connectivity index (χ1n) is 14.1. The Morgan fingerprint density at radius 1 is 0.762 bits per heavy atom. The molecule has 42 heavy (non-hydrogen) atoms. The van der Waals surface area contributed by atoms with E-state index in [0.717, 1.165) is 18.7 Å². The summed E-state index contributed by atoms with van der Waals surface area (Å²) < 4.78 is 10.8. The number of ether oxygens (including phenoxy) is 2. The molecule has 2 aromatic carbocycles. The summed E-state index contributed by atoms with van der Waals surface area (Å²) in [4.78, 5) is 54.8. The average molecular weight is 582 g/mol. The molecule has 11 heteroatoms. The minimum absolute atomic E-state index is 0.155. The van der Waals surface area contributed by atoms with Crippen LogP contribution in [-0.2, 0) is 20.7 Å². The highest BCUT2D eigenvalue weighted by Crippen LogP contribution is 2.17. The molecule has 1 saturated heterocycles. The van der Waals surface area contributed by atoms with Gasteiger partial charge in [-0.05, 0) is 90.6 Å². The highest BCUT2D eigenvalue weighted by molar-refractivity contribution is 5.97. The quantitative estimate of drug-likeness (QED) is 0.411. The molecular formula is C31H43N5O6. The van der Waals surface area contributed by atoms with E-state index in [1.165, 1.54) is 0 Å². The van der Waals surface area contributed by atoms with E-state index in [0.29, 0.717) is 30.0 Å². The fourth-order valence-corrected chi connectivity index (χ4v) is 4.09. The molecule has 1 atom stereocenters. The maximum Gasteiger partial charge on any atom is 0.408 e. The molecule has 0 saturated carbocycles. The highest BCUT2D eigenvalue weighted by Gasteiger charge is 2.26. The number of anilines is 2. The second-order valence-corrected chi connectivity index (χ2v) is 12.4. The van der Waals surface area contributed by atoms with Gasteiger partial charge < -0.3 is 35.2 Å². The van der Waals surface area contributed by atoms with E-state index in [1.807, 2.05) is 7.05 Å². The molecular weight excluding hydrogens is 538 g/mol. The molecule has 228 valence electrons. The Morgan fingerprint density at radius 2 is 1.29 bits per heavy atom. The molecule has 1 aliphatic rings. The lowest BCUT2D eigenvalue weighted by atomic mass is 10.0. The Labute approximate surface area is 247 Å². The fourth-order valence-electron chi connectivity index (χ4n) is 4.09. The third-order valence-electron chi connectivity index (χ3n) is 6.23. The van der Waals surface area contributed by atoms with Gasteiger partial charge in [0.15, 0.2) is 0 Å². The smallest absolute Gasteiger partial charge is 0.408 e. The van der Waals surface area contributed by atoms with Crippen LogP contribution in [-0.4, -0.2) is 84.3 Å². The Kier molecular flexibility index (Phi) is 10.6. The third-order valence-corrected chi connectivity index (χ3v) is 6.23. The fraction of sp³-hybridized carbons (Fsp3) is 0.484. The Bertz CT molecular complexity index is 1240. The van der Waals surface area contributed by atoms with Gasteiger partial charge in [0.1, 0.15) is 17.2 Å². The van der Waals surface area contributed by atoms with E-state index in [4.69, 9.17) is 9.47 Å². The largest absolute Gasteiger partial charge is 0.456 e. The number of esters is 1. The first-order valence-corrected chi connectivity index (χ1v) is 14.1. The summed E-state index contributed by atoms with van der Waals surface area (Å²) in [5, 5.41) is 8.37. The molecule has 0 unspecified atom stereocenters. The van der Waals surface area contributed by atoms with Gasteiger partial charge in [-0.3, -0.25) is 4.79 Å². The standard InChI is InChI=1S/C31H43N5O6/c1-30(2,3)41-27(38)22-10-14-23(15-11-22)32-26(37)25(34-29(40)42-31(4,5)6)20-21-8-12-24(13-9-21)33-28(39)36-18-16-35(7)17-19-36/h8-15,25H,16-20H2,1-7H3,(H,32,37)(H,33,39)(H,34,40)/t25-/m0/s1. The maximum absolute atomic E-state index is 13.3. The average Bonchev–Trinajstić information content (AvgIpc) is 2.88. The molecule has 0 aliphatic carbocycles. The zero-order valence-corrected chi connectivity index (χ0v) is 25.6. The van der Waals surface area contributed by atoms with Crippen LogP contribution >= 0.6 is 0 Å². The van der Waals surface area contributed by atoms with Crippen LogP contribution in [0.1, 0.15) is 57.5 Å². The summed E-state index contributed by atoms with van der Waals surface area (Å²) in [7, 11) is 2.03. The van der Waals surface area contributed by atoms with Crippen molar-refractivity contribution in [1.29, 1.82) is 0 Å². The van der Waals surface area contributed by atoms with Gasteiger partial charge >= 0.3 is 18.1 Å². The van der Waals surface area contributed by atoms with Crippen LogP contribution in [0.25, 0.3) is 0 Å². The van der Waals surface area contributed by atoms with Crippen molar-refractivity contribution in [1.82, 2.24) is 15.1 Å². The molecule has 3 rings (SSSR count). The molecule has 11 nitrogen and oxygen atoms in total. The number of piperazine rings is 1. The van der Waals surface area contributed by atoms with E-state index in [9.17, 15) is 19.2 Å². The predicted octanol–water partition coefficient (Wildman–Crippen LogP) is 4.50. The maximum atomic E-state index is 13.3. The monoisotopic (exact) mass is 581 g/mol. The molecule has 1 heterocycles. The van der Waals surface area contributed by atoms with E-state index in [-0.39, 0.29) is 12.5 Å². The number of rotatable bonds is 7. The second kappa shape index (κ2) is 13.7. The molecule has 0 aromatic heterocycles. The Balaban J connectivity index is 1.67. The number of benzene rings is 2. The molecule has 1 fully saturated rings. The number of amides is 4. The summed E-state index contributed by atoms with van der Waals surface area (Å²) in [6.07, 6.45) is -0.549. The SMILES string of the molecule is CN1CCN(C(=O)Nc2ccc(C[C@H](NC(=O)OC(C)(C)C)C(=O)Nc3ccc(C(=O)OC(C)(C)C)cc3)cc2)CC1. The van der Waals surface area contributed by atoms with Crippen molar-refractivity contribution < 1.29 is 28.7 Å². The van der Waals surface area contributed by atoms with Crippen LogP contribution in [0.3, 0.4) is 0 Å². The summed E-state index contributed by atoms with van der Waals surface area (Å²) in [6, 6.07) is 12.3. The van der Waals surface area contributed by atoms with E-state index < -0.39 is 35.2 Å². The molecule has 0 bridgehead atoms. The minimum Gasteiger partial charge on any atom is -0.456 e. The van der Waals surface area contributed by atoms with Crippen molar-refractivity contribution in [2.45, 2.75) is 65.2 Å². The number of nitrogens with zero attached hydrogens (tertiary/aromatic N) is 2. The molecule has 4 amide bonds. The van der Waals surface area contributed by atoms with Gasteiger partial charge in [-0.1, -0.05) is 12.1 Å². The number of carbonyl (C=O) groups excluding carboxylic acids is 4. The van der Waals surface area contributed by atoms with Crippen LogP contribution in [0, 0.1) is 0 Å². The van der Waals surface area contributed by atoms with Crippen LogP contribution in [0.2, 0.25) is 0 Å². The van der Waals surface area contributed by atoms with Crippen molar-refractivity contribution in [2.75, 3.05) is 43.9 Å². The van der Waals surface area contributed by atoms with Crippen molar-refractivity contribution in [3.63, 3.8) is 0 Å². The van der Waals surface area contributed by atoms with Crippen LogP contribution in [0.4, 0.5) is 21.0 Å². The van der Waals surface area contributed by atoms with Crippen LogP contribution in [0.5, 0.6) is 0 Å². The van der Waals surface area contributed by atoms with E-state index in [2.05, 4.69) is 20.9 Å². The molecule has 3 N–H and O–H groups in total. The Morgan fingerprint density at radius 3 is 1.83 bits per heavy atom. The molecule has 1 aliphatic heterocycles. The lowest BCUT2D eigenvalue weighted by Crippen LogP contribution is -2.48. The van der Waals surface area contributed by atoms with Gasteiger partial charge in [0.25, 0.3) is 0 Å². The van der Waals surface area contributed by atoms with Crippen LogP contribution in [0.15, 0.2) is 48.5 Å². The first-order chi connectivity index (χ1) is 19.6. The van der Waals surface area contributed by atoms with Crippen molar-refractivity contribution in [2.24, 2.45) is 0 Å². The first kappa shape index (κ1) is 32.4. The lowest BCUT2D eigenvalue weighted by Gasteiger charge is -2.32. The lowest BCUT2D eigenvalue weighted by molar-refractivity contribution is -0.118. The zero-order chi connectivity index (χ0) is 31.1. The van der Waals surface area contributed by atoms with Crippen LogP contribution < -0.4 is 16.0 Å². The van der Waals surface area contributed by atoms with E-state index in [1.54, 1.807) is 95.0 Å². The highest BCUT2D eigenvalue weighted by atomic mass is 16.6. The van der Waals surface area contributed by atoms with Gasteiger partial charge in [-0.15, -0.1) is 0 Å². The summed E-state index contributed by atoms with van der Waals surface area (Å²) in [6.45, 7) is 13.6. The second-order valence-electron chi connectivity index (χ2n) is 12.4. The van der Waals surface area contributed by atoms with Crippen molar-refractivity contribution in [3.05, 3.63) is 59.7 Å².